The van der Waals surface area contributed by atoms with Crippen molar-refractivity contribution in [2.75, 3.05) is 23.8 Å². The standard InChI is InChI=1S/C22H27IN2O5S/c1-22(2,23)15-6-4-7-17(12-15)25-31(27,28)20-10-9-16(13-19(20)29-3)24-21(26)14-18-8-5-11-30-18/h4,6-7,9-10,12-13,18,25H,5,8,11,14H2,1-3H3,(H,24,26). The lowest BCUT2D eigenvalue weighted by atomic mass is 10.0. The van der Waals surface area contributed by atoms with Gasteiger partial charge in [0.2, 0.25) is 5.91 Å². The highest BCUT2D eigenvalue weighted by molar-refractivity contribution is 14.1. The summed E-state index contributed by atoms with van der Waals surface area (Å²) < 4.78 is 39.3. The number of methoxy groups -OCH3 is 1. The summed E-state index contributed by atoms with van der Waals surface area (Å²) in [6, 6.07) is 11.8. The van der Waals surface area contributed by atoms with Gasteiger partial charge in [-0.1, -0.05) is 34.7 Å². The molecule has 3 rings (SSSR count). The average Bonchev–Trinajstić information content (AvgIpc) is 3.19. The van der Waals surface area contributed by atoms with Crippen LogP contribution in [0.4, 0.5) is 11.4 Å². The lowest BCUT2D eigenvalue weighted by Gasteiger charge is -2.18. The Labute approximate surface area is 197 Å². The van der Waals surface area contributed by atoms with E-state index in [9.17, 15) is 13.2 Å². The van der Waals surface area contributed by atoms with Gasteiger partial charge in [-0.3, -0.25) is 9.52 Å². The van der Waals surface area contributed by atoms with Gasteiger partial charge in [0.15, 0.2) is 0 Å². The van der Waals surface area contributed by atoms with Crippen molar-refractivity contribution in [3.8, 4) is 5.75 Å². The number of carbonyl (C=O) groups is 1. The minimum absolute atomic E-state index is 0.00809. The van der Waals surface area contributed by atoms with Crippen molar-refractivity contribution in [2.45, 2.75) is 47.5 Å². The first-order valence-corrected chi connectivity index (χ1v) is 12.6. The van der Waals surface area contributed by atoms with E-state index in [1.807, 2.05) is 18.2 Å². The molecule has 0 aliphatic carbocycles. The van der Waals surface area contributed by atoms with Crippen LogP contribution in [0.1, 0.15) is 38.7 Å². The topological polar surface area (TPSA) is 93.7 Å². The Bertz CT molecular complexity index is 1040. The van der Waals surface area contributed by atoms with Crippen molar-refractivity contribution >= 4 is 49.9 Å². The maximum Gasteiger partial charge on any atom is 0.265 e. The molecule has 1 aliphatic rings. The number of amides is 1. The molecular weight excluding hydrogens is 531 g/mol. The van der Waals surface area contributed by atoms with Gasteiger partial charge in [-0.2, -0.15) is 0 Å². The van der Waals surface area contributed by atoms with Gasteiger partial charge in [-0.05, 0) is 56.5 Å². The zero-order chi connectivity index (χ0) is 22.6. The minimum Gasteiger partial charge on any atom is -0.495 e. The van der Waals surface area contributed by atoms with E-state index in [1.54, 1.807) is 12.1 Å². The lowest BCUT2D eigenvalue weighted by molar-refractivity contribution is -0.118. The van der Waals surface area contributed by atoms with Gasteiger partial charge in [-0.15, -0.1) is 0 Å². The number of benzene rings is 2. The molecule has 1 aliphatic heterocycles. The van der Waals surface area contributed by atoms with Gasteiger partial charge in [0, 0.05) is 27.5 Å². The molecule has 1 saturated heterocycles. The Morgan fingerprint density at radius 3 is 2.65 bits per heavy atom. The Hall–Kier alpha value is -1.85. The lowest BCUT2D eigenvalue weighted by Crippen LogP contribution is -2.19. The molecule has 2 aromatic rings. The van der Waals surface area contributed by atoms with Crippen LogP contribution in [-0.2, 0) is 23.0 Å². The number of sulfonamides is 1. The van der Waals surface area contributed by atoms with Crippen molar-refractivity contribution in [1.29, 1.82) is 0 Å². The molecule has 0 spiro atoms. The molecule has 7 nitrogen and oxygen atoms in total. The molecule has 1 amide bonds. The largest absolute Gasteiger partial charge is 0.495 e. The van der Waals surface area contributed by atoms with Crippen molar-refractivity contribution in [3.63, 3.8) is 0 Å². The molecule has 1 heterocycles. The molecular formula is C22H27IN2O5S. The molecule has 0 radical (unpaired) electrons. The van der Waals surface area contributed by atoms with Crippen LogP contribution in [0.5, 0.6) is 5.75 Å². The molecule has 2 N–H and O–H groups in total. The van der Waals surface area contributed by atoms with Crippen LogP contribution in [0.2, 0.25) is 0 Å². The Morgan fingerprint density at radius 2 is 2.00 bits per heavy atom. The third-order valence-electron chi connectivity index (χ3n) is 4.98. The molecule has 0 saturated carbocycles. The van der Waals surface area contributed by atoms with Gasteiger partial charge in [0.1, 0.15) is 10.6 Å². The first-order valence-electron chi connectivity index (χ1n) is 10.0. The molecule has 2 aromatic carbocycles. The number of nitrogens with one attached hydrogen (secondary N) is 2. The Morgan fingerprint density at radius 1 is 1.23 bits per heavy atom. The maximum absolute atomic E-state index is 13.0. The summed E-state index contributed by atoms with van der Waals surface area (Å²) in [5.74, 6) is -0.0336. The third kappa shape index (κ3) is 6.33. The zero-order valence-electron chi connectivity index (χ0n) is 17.8. The average molecular weight is 558 g/mol. The van der Waals surface area contributed by atoms with E-state index in [0.717, 1.165) is 18.4 Å². The number of rotatable bonds is 8. The van der Waals surface area contributed by atoms with E-state index < -0.39 is 10.0 Å². The summed E-state index contributed by atoms with van der Waals surface area (Å²) in [4.78, 5) is 12.2. The SMILES string of the molecule is COc1cc(NC(=O)CC2CCCO2)ccc1S(=O)(=O)Nc1cccc(C(C)(C)I)c1. The van der Waals surface area contributed by atoms with Gasteiger partial charge < -0.3 is 14.8 Å². The quantitative estimate of drug-likeness (QED) is 0.363. The molecule has 31 heavy (non-hydrogen) atoms. The highest BCUT2D eigenvalue weighted by Crippen LogP contribution is 2.33. The van der Waals surface area contributed by atoms with Crippen LogP contribution in [0.25, 0.3) is 0 Å². The summed E-state index contributed by atoms with van der Waals surface area (Å²) in [6.07, 6.45) is 2.04. The Kier molecular flexibility index (Phi) is 7.48. The van der Waals surface area contributed by atoms with E-state index in [2.05, 4.69) is 46.5 Å². The van der Waals surface area contributed by atoms with Crippen LogP contribution < -0.4 is 14.8 Å². The Balaban J connectivity index is 1.77. The zero-order valence-corrected chi connectivity index (χ0v) is 20.7. The van der Waals surface area contributed by atoms with E-state index in [0.29, 0.717) is 18.0 Å². The fraction of sp³-hybridized carbons (Fsp3) is 0.409. The van der Waals surface area contributed by atoms with Gasteiger partial charge >= 0.3 is 0 Å². The summed E-state index contributed by atoms with van der Waals surface area (Å²) in [6.45, 7) is 4.79. The normalized spacial score (nSPS) is 16.7. The van der Waals surface area contributed by atoms with Crippen LogP contribution in [0.3, 0.4) is 0 Å². The van der Waals surface area contributed by atoms with Crippen molar-refractivity contribution in [2.24, 2.45) is 0 Å². The van der Waals surface area contributed by atoms with E-state index in [1.165, 1.54) is 19.2 Å². The first kappa shape index (κ1) is 23.8. The molecule has 0 bridgehead atoms. The molecule has 1 unspecified atom stereocenters. The minimum atomic E-state index is -3.89. The summed E-state index contributed by atoms with van der Waals surface area (Å²) >= 11 is 2.31. The van der Waals surface area contributed by atoms with E-state index in [4.69, 9.17) is 9.47 Å². The number of carbonyl (C=O) groups excluding carboxylic acids is 1. The molecule has 0 aromatic heterocycles. The van der Waals surface area contributed by atoms with Gasteiger partial charge in [0.05, 0.1) is 19.6 Å². The highest BCUT2D eigenvalue weighted by atomic mass is 127. The molecule has 168 valence electrons. The first-order chi connectivity index (χ1) is 14.6. The molecule has 9 heteroatoms. The molecule has 1 atom stereocenters. The fourth-order valence-corrected chi connectivity index (χ4v) is 4.89. The summed E-state index contributed by atoms with van der Waals surface area (Å²) in [7, 11) is -2.50. The smallest absolute Gasteiger partial charge is 0.265 e. The number of ether oxygens (including phenoxy) is 2. The number of alkyl halides is 1. The monoisotopic (exact) mass is 558 g/mol. The van der Waals surface area contributed by atoms with Crippen LogP contribution >= 0.6 is 22.6 Å². The van der Waals surface area contributed by atoms with Crippen molar-refractivity contribution in [1.82, 2.24) is 0 Å². The predicted octanol–water partition coefficient (Wildman–Crippen LogP) is 4.67. The summed E-state index contributed by atoms with van der Waals surface area (Å²) in [5.41, 5.74) is 1.94. The highest BCUT2D eigenvalue weighted by Gasteiger charge is 2.23. The van der Waals surface area contributed by atoms with Crippen molar-refractivity contribution in [3.05, 3.63) is 48.0 Å². The van der Waals surface area contributed by atoms with Crippen LogP contribution in [-0.4, -0.2) is 34.1 Å². The second-order valence-corrected chi connectivity index (χ2v) is 12.3. The second kappa shape index (κ2) is 9.74. The number of halogens is 1. The molecule has 1 fully saturated rings. The third-order valence-corrected chi connectivity index (χ3v) is 7.02. The van der Waals surface area contributed by atoms with Crippen LogP contribution in [0.15, 0.2) is 47.4 Å². The van der Waals surface area contributed by atoms with Gasteiger partial charge in [0.25, 0.3) is 10.0 Å². The fourth-order valence-electron chi connectivity index (χ4n) is 3.35. The van der Waals surface area contributed by atoms with Crippen LogP contribution in [0, 0.1) is 0 Å². The van der Waals surface area contributed by atoms with E-state index >= 15 is 0 Å². The van der Waals surface area contributed by atoms with Crippen molar-refractivity contribution < 1.29 is 22.7 Å². The number of anilines is 2. The predicted molar refractivity (Wildman–Crippen MR) is 130 cm³/mol. The van der Waals surface area contributed by atoms with E-state index in [-0.39, 0.29) is 32.5 Å². The number of hydrogen-bond acceptors (Lipinski definition) is 5. The van der Waals surface area contributed by atoms with Gasteiger partial charge in [-0.25, -0.2) is 8.42 Å². The summed E-state index contributed by atoms with van der Waals surface area (Å²) in [5, 5.41) is 2.78. The maximum atomic E-state index is 13.0. The second-order valence-electron chi connectivity index (χ2n) is 7.91. The number of hydrogen-bond donors (Lipinski definition) is 2.